The molecule has 118 valence electrons. The first-order valence-corrected chi connectivity index (χ1v) is 8.44. The number of nitrogens with one attached hydrogen (secondary N) is 1. The van der Waals surface area contributed by atoms with E-state index in [0.29, 0.717) is 31.6 Å². The highest BCUT2D eigenvalue weighted by molar-refractivity contribution is 7.89. The maximum atomic E-state index is 12.2. The van der Waals surface area contributed by atoms with Crippen molar-refractivity contribution in [2.24, 2.45) is 0 Å². The van der Waals surface area contributed by atoms with Gasteiger partial charge in [-0.05, 0) is 37.6 Å². The summed E-state index contributed by atoms with van der Waals surface area (Å²) in [4.78, 5) is 14.0. The fourth-order valence-corrected chi connectivity index (χ4v) is 2.94. The van der Waals surface area contributed by atoms with Crippen LogP contribution >= 0.6 is 0 Å². The molecule has 1 rings (SSSR count). The number of amides is 1. The Morgan fingerprint density at radius 1 is 1.24 bits per heavy atom. The summed E-state index contributed by atoms with van der Waals surface area (Å²) in [5, 5.41) is 8.83. The molecule has 0 unspecified atom stereocenters. The molecule has 1 aromatic carbocycles. The summed E-state index contributed by atoms with van der Waals surface area (Å²) in [5.41, 5.74) is 0.435. The lowest BCUT2D eigenvalue weighted by Gasteiger charge is -2.20. The molecular weight excluding hydrogens is 292 g/mol. The zero-order valence-corrected chi connectivity index (χ0v) is 13.2. The van der Waals surface area contributed by atoms with Crippen molar-refractivity contribution in [1.82, 2.24) is 9.62 Å². The molecule has 0 saturated carbocycles. The summed E-state index contributed by atoms with van der Waals surface area (Å²) in [6.45, 7) is 4.92. The van der Waals surface area contributed by atoms with Crippen LogP contribution in [0.25, 0.3) is 0 Å². The second-order valence-electron chi connectivity index (χ2n) is 4.49. The first-order chi connectivity index (χ1) is 9.96. The van der Waals surface area contributed by atoms with Crippen LogP contribution in [0.5, 0.6) is 0 Å². The molecule has 21 heavy (non-hydrogen) atoms. The number of nitrogens with zero attached hydrogens (tertiary/aromatic N) is 1. The van der Waals surface area contributed by atoms with Gasteiger partial charge in [-0.15, -0.1) is 0 Å². The largest absolute Gasteiger partial charge is 0.396 e. The predicted octanol–water partition coefficient (Wildman–Crippen LogP) is 0.829. The summed E-state index contributed by atoms with van der Waals surface area (Å²) >= 11 is 0. The second-order valence-corrected chi connectivity index (χ2v) is 6.25. The van der Waals surface area contributed by atoms with Gasteiger partial charge < -0.3 is 10.0 Å². The van der Waals surface area contributed by atoms with Crippen molar-refractivity contribution in [2.45, 2.75) is 25.2 Å². The van der Waals surface area contributed by atoms with E-state index in [4.69, 9.17) is 5.11 Å². The number of rotatable bonds is 8. The van der Waals surface area contributed by atoms with Gasteiger partial charge >= 0.3 is 0 Å². The van der Waals surface area contributed by atoms with Crippen LogP contribution in [0.3, 0.4) is 0 Å². The zero-order valence-electron chi connectivity index (χ0n) is 12.4. The van der Waals surface area contributed by atoms with E-state index in [1.165, 1.54) is 24.3 Å². The fraction of sp³-hybridized carbons (Fsp3) is 0.500. The standard InChI is InChI=1S/C14H22N2O4S/c1-3-15-21(19,20)13-8-6-12(7-9-13)14(18)16(4-2)10-5-11-17/h6-9,15,17H,3-5,10-11H2,1-2H3. The van der Waals surface area contributed by atoms with Crippen LogP contribution in [0.15, 0.2) is 29.2 Å². The minimum Gasteiger partial charge on any atom is -0.396 e. The van der Waals surface area contributed by atoms with Gasteiger partial charge in [-0.25, -0.2) is 13.1 Å². The van der Waals surface area contributed by atoms with Gasteiger partial charge in [0.25, 0.3) is 5.91 Å². The highest BCUT2D eigenvalue weighted by Gasteiger charge is 2.16. The van der Waals surface area contributed by atoms with Gasteiger partial charge in [0, 0.05) is 31.8 Å². The molecule has 7 heteroatoms. The van der Waals surface area contributed by atoms with E-state index in [0.717, 1.165) is 0 Å². The minimum atomic E-state index is -3.50. The van der Waals surface area contributed by atoms with E-state index in [9.17, 15) is 13.2 Å². The molecule has 1 aromatic rings. The highest BCUT2D eigenvalue weighted by atomic mass is 32.2. The number of hydrogen-bond donors (Lipinski definition) is 2. The molecule has 0 spiro atoms. The van der Waals surface area contributed by atoms with Crippen LogP contribution in [0.2, 0.25) is 0 Å². The molecule has 2 N–H and O–H groups in total. The van der Waals surface area contributed by atoms with Crippen molar-refractivity contribution >= 4 is 15.9 Å². The second kappa shape index (κ2) is 8.11. The number of sulfonamides is 1. The maximum absolute atomic E-state index is 12.2. The number of aliphatic hydroxyl groups is 1. The van der Waals surface area contributed by atoms with Crippen molar-refractivity contribution < 1.29 is 18.3 Å². The molecule has 0 radical (unpaired) electrons. The van der Waals surface area contributed by atoms with Gasteiger partial charge in [0.2, 0.25) is 10.0 Å². The topological polar surface area (TPSA) is 86.7 Å². The van der Waals surface area contributed by atoms with Crippen LogP contribution in [0, 0.1) is 0 Å². The molecular formula is C14H22N2O4S. The smallest absolute Gasteiger partial charge is 0.253 e. The van der Waals surface area contributed by atoms with E-state index in [1.807, 2.05) is 6.92 Å². The Morgan fingerprint density at radius 2 is 1.86 bits per heavy atom. The first kappa shape index (κ1) is 17.6. The summed E-state index contributed by atoms with van der Waals surface area (Å²) in [5.74, 6) is -0.168. The minimum absolute atomic E-state index is 0.0314. The van der Waals surface area contributed by atoms with Gasteiger partial charge in [-0.2, -0.15) is 0 Å². The average molecular weight is 314 g/mol. The number of carbonyl (C=O) groups excluding carboxylic acids is 1. The average Bonchev–Trinajstić information content (AvgIpc) is 2.48. The zero-order chi connectivity index (χ0) is 15.9. The Morgan fingerprint density at radius 3 is 2.33 bits per heavy atom. The van der Waals surface area contributed by atoms with Crippen molar-refractivity contribution in [2.75, 3.05) is 26.2 Å². The normalized spacial score (nSPS) is 11.4. The summed E-state index contributed by atoms with van der Waals surface area (Å²) in [6.07, 6.45) is 0.520. The Bertz CT molecular complexity index is 555. The predicted molar refractivity (Wildman–Crippen MR) is 80.6 cm³/mol. The first-order valence-electron chi connectivity index (χ1n) is 6.96. The van der Waals surface area contributed by atoms with Gasteiger partial charge in [0.1, 0.15) is 0 Å². The fourth-order valence-electron chi connectivity index (χ4n) is 1.90. The lowest BCUT2D eigenvalue weighted by atomic mass is 10.2. The van der Waals surface area contributed by atoms with Gasteiger partial charge in [-0.3, -0.25) is 4.79 Å². The van der Waals surface area contributed by atoms with Crippen molar-refractivity contribution in [3.63, 3.8) is 0 Å². The third kappa shape index (κ3) is 4.80. The molecule has 1 amide bonds. The van der Waals surface area contributed by atoms with Crippen LogP contribution in [-0.4, -0.2) is 50.6 Å². The summed E-state index contributed by atoms with van der Waals surface area (Å²) in [7, 11) is -3.50. The maximum Gasteiger partial charge on any atom is 0.253 e. The van der Waals surface area contributed by atoms with Gasteiger partial charge in [-0.1, -0.05) is 6.92 Å². The number of hydrogen-bond acceptors (Lipinski definition) is 4. The van der Waals surface area contributed by atoms with Crippen molar-refractivity contribution in [3.05, 3.63) is 29.8 Å². The van der Waals surface area contributed by atoms with Crippen molar-refractivity contribution in [3.8, 4) is 0 Å². The molecule has 0 saturated heterocycles. The van der Waals surface area contributed by atoms with Gasteiger partial charge in [0.05, 0.1) is 4.90 Å². The SMILES string of the molecule is CCNS(=O)(=O)c1ccc(C(=O)N(CC)CCCO)cc1. The van der Waals surface area contributed by atoms with E-state index in [2.05, 4.69) is 4.72 Å². The van der Waals surface area contributed by atoms with Crippen LogP contribution in [0.1, 0.15) is 30.6 Å². The number of aliphatic hydroxyl groups excluding tert-OH is 1. The summed E-state index contributed by atoms with van der Waals surface area (Å²) < 4.78 is 26.0. The molecule has 6 nitrogen and oxygen atoms in total. The molecule has 0 aromatic heterocycles. The van der Waals surface area contributed by atoms with E-state index < -0.39 is 10.0 Å². The quantitative estimate of drug-likeness (QED) is 0.744. The molecule has 0 aliphatic heterocycles. The third-order valence-corrected chi connectivity index (χ3v) is 4.56. The van der Waals surface area contributed by atoms with E-state index in [-0.39, 0.29) is 17.4 Å². The monoisotopic (exact) mass is 314 g/mol. The molecule has 0 bridgehead atoms. The highest BCUT2D eigenvalue weighted by Crippen LogP contribution is 2.12. The van der Waals surface area contributed by atoms with Crippen molar-refractivity contribution in [1.29, 1.82) is 0 Å². The molecule has 0 aliphatic rings. The lowest BCUT2D eigenvalue weighted by molar-refractivity contribution is 0.0754. The molecule has 0 heterocycles. The molecule has 0 atom stereocenters. The van der Waals surface area contributed by atoms with Crippen LogP contribution < -0.4 is 4.72 Å². The van der Waals surface area contributed by atoms with Gasteiger partial charge in [0.15, 0.2) is 0 Å². The number of benzene rings is 1. The number of carbonyl (C=O) groups is 1. The molecule has 0 fully saturated rings. The van der Waals surface area contributed by atoms with Crippen LogP contribution in [0.4, 0.5) is 0 Å². The summed E-state index contributed by atoms with van der Waals surface area (Å²) in [6, 6.07) is 5.86. The Hall–Kier alpha value is -1.44. The Labute approximate surface area is 125 Å². The third-order valence-electron chi connectivity index (χ3n) is 3.00. The van der Waals surface area contributed by atoms with E-state index >= 15 is 0 Å². The van der Waals surface area contributed by atoms with Crippen LogP contribution in [-0.2, 0) is 10.0 Å². The Balaban J connectivity index is 2.89. The lowest BCUT2D eigenvalue weighted by Crippen LogP contribution is -2.32. The Kier molecular flexibility index (Phi) is 6.80. The van der Waals surface area contributed by atoms with E-state index in [1.54, 1.807) is 11.8 Å². The molecule has 0 aliphatic carbocycles.